The number of aliphatic hydroxyl groups is 2. The molecule has 0 fully saturated rings. The van der Waals surface area contributed by atoms with E-state index in [1.54, 1.807) is 0 Å². The van der Waals surface area contributed by atoms with Gasteiger partial charge in [-0.3, -0.25) is 9.59 Å². The number of hydrogen-bond acceptors (Lipinski definition) is 5. The summed E-state index contributed by atoms with van der Waals surface area (Å²) in [6.07, 6.45) is 63.2. The first kappa shape index (κ1) is 65.9. The first-order chi connectivity index (χ1) is 33.0. The number of nitrogens with one attached hydrogen (secondary N) is 1. The van der Waals surface area contributed by atoms with Gasteiger partial charge in [-0.2, -0.15) is 0 Å². The van der Waals surface area contributed by atoms with Crippen LogP contribution in [0.25, 0.3) is 0 Å². The van der Waals surface area contributed by atoms with Crippen LogP contribution in [0.5, 0.6) is 0 Å². The van der Waals surface area contributed by atoms with Crippen LogP contribution in [-0.2, 0) is 14.3 Å². The first-order valence-corrected chi connectivity index (χ1v) is 30.8. The average molecular weight is 949 g/mol. The van der Waals surface area contributed by atoms with Crippen LogP contribution in [0, 0.1) is 0 Å². The highest BCUT2D eigenvalue weighted by Crippen LogP contribution is 2.20. The minimum absolute atomic E-state index is 0.0889. The normalized spacial score (nSPS) is 13.0. The Morgan fingerprint density at radius 1 is 0.373 bits per heavy atom. The molecule has 0 spiro atoms. The summed E-state index contributed by atoms with van der Waals surface area (Å²) in [5.41, 5.74) is 0. The topological polar surface area (TPSA) is 95.9 Å². The van der Waals surface area contributed by atoms with Crippen molar-refractivity contribution in [3.8, 4) is 0 Å². The van der Waals surface area contributed by atoms with Gasteiger partial charge in [0, 0.05) is 6.42 Å². The molecule has 3 N–H and O–H groups in total. The fraction of sp³-hybridized carbons (Fsp3) is 0.967. The second kappa shape index (κ2) is 55.8. The Bertz CT molecular complexity index is 975. The lowest BCUT2D eigenvalue weighted by Gasteiger charge is -2.24. The third-order valence-electron chi connectivity index (χ3n) is 14.7. The summed E-state index contributed by atoms with van der Waals surface area (Å²) in [4.78, 5) is 26.3. The van der Waals surface area contributed by atoms with E-state index in [1.807, 2.05) is 0 Å². The molecule has 3 atom stereocenters. The minimum Gasteiger partial charge on any atom is -0.462 e. The number of esters is 1. The summed E-state index contributed by atoms with van der Waals surface area (Å²) in [6.45, 7) is 6.55. The van der Waals surface area contributed by atoms with Gasteiger partial charge in [0.15, 0.2) is 0 Å². The maximum Gasteiger partial charge on any atom is 0.306 e. The number of carbonyl (C=O) groups is 2. The highest BCUT2D eigenvalue weighted by Gasteiger charge is 2.24. The molecule has 0 aromatic heterocycles. The van der Waals surface area contributed by atoms with Crippen LogP contribution in [0.3, 0.4) is 0 Å². The summed E-state index contributed by atoms with van der Waals surface area (Å²) in [7, 11) is 0. The number of amides is 1. The van der Waals surface area contributed by atoms with E-state index < -0.39 is 18.2 Å². The van der Waals surface area contributed by atoms with Crippen LogP contribution in [0.15, 0.2) is 0 Å². The Balaban J connectivity index is 4.46. The van der Waals surface area contributed by atoms with Crippen molar-refractivity contribution in [1.29, 1.82) is 0 Å². The van der Waals surface area contributed by atoms with E-state index >= 15 is 0 Å². The number of rotatable bonds is 57. The molecule has 0 rings (SSSR count). The smallest absolute Gasteiger partial charge is 0.306 e. The standard InChI is InChI=1S/C61H121NO5/c1-4-7-10-13-16-19-22-25-28-30-33-36-39-42-45-48-51-54-61(66)67-57(52-49-46-43-40-37-34-31-27-24-21-18-15-12-9-6-3)55-60(65)62-58(56-63)59(64)53-50-47-44-41-38-35-32-29-26-23-20-17-14-11-8-5-2/h57-59,63-64H,4-56H2,1-3H3,(H,62,65). The predicted octanol–water partition coefficient (Wildman–Crippen LogP) is 19.1. The zero-order chi connectivity index (χ0) is 48.8. The van der Waals surface area contributed by atoms with Gasteiger partial charge in [-0.15, -0.1) is 0 Å². The molecule has 0 saturated heterocycles. The summed E-state index contributed by atoms with van der Waals surface area (Å²) in [6, 6.07) is -0.694. The number of carbonyl (C=O) groups excluding carboxylic acids is 2. The van der Waals surface area contributed by atoms with Crippen LogP contribution in [0.1, 0.15) is 355 Å². The van der Waals surface area contributed by atoms with E-state index in [0.717, 1.165) is 38.5 Å². The van der Waals surface area contributed by atoms with Crippen LogP contribution >= 0.6 is 0 Å². The van der Waals surface area contributed by atoms with Crippen molar-refractivity contribution >= 4 is 11.9 Å². The molecule has 0 aliphatic heterocycles. The van der Waals surface area contributed by atoms with E-state index in [0.29, 0.717) is 19.3 Å². The molecule has 0 aromatic carbocycles. The van der Waals surface area contributed by atoms with Gasteiger partial charge in [-0.25, -0.2) is 0 Å². The van der Waals surface area contributed by atoms with Crippen molar-refractivity contribution in [2.75, 3.05) is 6.61 Å². The van der Waals surface area contributed by atoms with Gasteiger partial charge in [0.05, 0.1) is 25.2 Å². The van der Waals surface area contributed by atoms with E-state index in [9.17, 15) is 19.8 Å². The Kier molecular flexibility index (Phi) is 54.8. The molecule has 6 heteroatoms. The van der Waals surface area contributed by atoms with Crippen molar-refractivity contribution in [3.63, 3.8) is 0 Å². The fourth-order valence-electron chi connectivity index (χ4n) is 10.0. The quantitative estimate of drug-likeness (QED) is 0.0417. The van der Waals surface area contributed by atoms with Gasteiger partial charge in [0.25, 0.3) is 0 Å². The summed E-state index contributed by atoms with van der Waals surface area (Å²) in [5.74, 6) is -0.441. The zero-order valence-corrected chi connectivity index (χ0v) is 45.8. The maximum absolute atomic E-state index is 13.3. The molecule has 0 saturated carbocycles. The average Bonchev–Trinajstić information content (AvgIpc) is 3.32. The lowest BCUT2D eigenvalue weighted by atomic mass is 10.0. The van der Waals surface area contributed by atoms with E-state index in [2.05, 4.69) is 26.1 Å². The van der Waals surface area contributed by atoms with Gasteiger partial charge in [-0.1, -0.05) is 316 Å². The van der Waals surface area contributed by atoms with Gasteiger partial charge < -0.3 is 20.3 Å². The van der Waals surface area contributed by atoms with Crippen molar-refractivity contribution in [2.45, 2.75) is 373 Å². The molecule has 0 heterocycles. The van der Waals surface area contributed by atoms with Crippen LogP contribution in [-0.4, -0.2) is 46.9 Å². The molecule has 1 amide bonds. The Labute approximate surface area is 419 Å². The molecular formula is C61H121NO5. The second-order valence-corrected chi connectivity index (χ2v) is 21.5. The van der Waals surface area contributed by atoms with E-state index in [4.69, 9.17) is 4.74 Å². The molecule has 0 bridgehead atoms. The number of aliphatic hydroxyl groups excluding tert-OH is 2. The molecule has 6 nitrogen and oxygen atoms in total. The lowest BCUT2D eigenvalue weighted by Crippen LogP contribution is -2.46. The van der Waals surface area contributed by atoms with Crippen LogP contribution in [0.4, 0.5) is 0 Å². The lowest BCUT2D eigenvalue weighted by molar-refractivity contribution is -0.151. The molecule has 67 heavy (non-hydrogen) atoms. The van der Waals surface area contributed by atoms with Gasteiger partial charge >= 0.3 is 5.97 Å². The maximum atomic E-state index is 13.3. The fourth-order valence-corrected chi connectivity index (χ4v) is 10.0. The summed E-state index contributed by atoms with van der Waals surface area (Å²) >= 11 is 0. The van der Waals surface area contributed by atoms with Crippen molar-refractivity contribution in [1.82, 2.24) is 5.32 Å². The summed E-state index contributed by atoms with van der Waals surface area (Å²) in [5, 5.41) is 23.9. The SMILES string of the molecule is CCCCCCCCCCCCCCCCCCCC(=O)OC(CCCCCCCCCCCCCCCCC)CC(=O)NC(CO)C(O)CCCCCCCCCCCCCCCCCC. The predicted molar refractivity (Wildman–Crippen MR) is 292 cm³/mol. The van der Waals surface area contributed by atoms with Crippen LogP contribution < -0.4 is 5.32 Å². The monoisotopic (exact) mass is 948 g/mol. The summed E-state index contributed by atoms with van der Waals surface area (Å²) < 4.78 is 5.98. The molecule has 3 unspecified atom stereocenters. The molecule has 0 aliphatic rings. The van der Waals surface area contributed by atoms with Crippen LogP contribution in [0.2, 0.25) is 0 Å². The molecule has 0 aliphatic carbocycles. The first-order valence-electron chi connectivity index (χ1n) is 30.8. The van der Waals surface area contributed by atoms with Crippen molar-refractivity contribution < 1.29 is 24.5 Å². The highest BCUT2D eigenvalue weighted by atomic mass is 16.5. The number of hydrogen-bond donors (Lipinski definition) is 3. The Morgan fingerprint density at radius 3 is 0.910 bits per heavy atom. The Morgan fingerprint density at radius 2 is 0.627 bits per heavy atom. The zero-order valence-electron chi connectivity index (χ0n) is 45.8. The molecule has 0 aromatic rings. The third kappa shape index (κ3) is 51.0. The second-order valence-electron chi connectivity index (χ2n) is 21.5. The molecular weight excluding hydrogens is 827 g/mol. The number of unbranched alkanes of at least 4 members (excludes halogenated alkanes) is 45. The van der Waals surface area contributed by atoms with Crippen molar-refractivity contribution in [2.24, 2.45) is 0 Å². The minimum atomic E-state index is -0.781. The van der Waals surface area contributed by atoms with E-state index in [1.165, 1.54) is 270 Å². The van der Waals surface area contributed by atoms with Gasteiger partial charge in [-0.05, 0) is 25.7 Å². The van der Waals surface area contributed by atoms with Gasteiger partial charge in [0.1, 0.15) is 6.10 Å². The Hall–Kier alpha value is -1.14. The van der Waals surface area contributed by atoms with Gasteiger partial charge in [0.2, 0.25) is 5.91 Å². The largest absolute Gasteiger partial charge is 0.462 e. The third-order valence-corrected chi connectivity index (χ3v) is 14.7. The van der Waals surface area contributed by atoms with E-state index in [-0.39, 0.29) is 24.9 Å². The molecule has 400 valence electrons. The number of ether oxygens (including phenoxy) is 1. The highest BCUT2D eigenvalue weighted by molar-refractivity contribution is 5.77. The molecule has 0 radical (unpaired) electrons. The van der Waals surface area contributed by atoms with Crippen molar-refractivity contribution in [3.05, 3.63) is 0 Å².